The molecule has 3 aromatic rings. The summed E-state index contributed by atoms with van der Waals surface area (Å²) in [5.74, 6) is 1.56. The summed E-state index contributed by atoms with van der Waals surface area (Å²) in [5, 5.41) is 2.17. The summed E-state index contributed by atoms with van der Waals surface area (Å²) in [5.41, 5.74) is 2.12. The number of aromatic nitrogens is 1. The minimum Gasteiger partial charge on any atom is -0.497 e. The van der Waals surface area contributed by atoms with Gasteiger partial charge in [0.2, 0.25) is 0 Å². The van der Waals surface area contributed by atoms with Crippen molar-refractivity contribution in [2.45, 2.75) is 6.54 Å². The van der Waals surface area contributed by atoms with E-state index in [-0.39, 0.29) is 0 Å². The van der Waals surface area contributed by atoms with Gasteiger partial charge in [-0.3, -0.25) is 0 Å². The Balaban J connectivity index is 2.05. The Hall–Kier alpha value is -1.84. The van der Waals surface area contributed by atoms with Gasteiger partial charge in [-0.15, -0.1) is 0 Å². The van der Waals surface area contributed by atoms with Crippen molar-refractivity contribution in [2.75, 3.05) is 14.2 Å². The Morgan fingerprint density at radius 3 is 2.45 bits per heavy atom. The number of benzene rings is 2. The first kappa shape index (κ1) is 15.1. The van der Waals surface area contributed by atoms with Crippen LogP contribution in [0, 0.1) is 0 Å². The normalized spacial score (nSPS) is 10.9. The van der Waals surface area contributed by atoms with Gasteiger partial charge in [0, 0.05) is 30.3 Å². The van der Waals surface area contributed by atoms with Crippen LogP contribution in [0.1, 0.15) is 5.56 Å². The molecular weight excluding hydrogens is 321 g/mol. The minimum atomic E-state index is 0.561. The molecule has 0 spiro atoms. The first-order valence-corrected chi connectivity index (χ1v) is 7.52. The average molecular weight is 336 g/mol. The topological polar surface area (TPSA) is 23.4 Å². The molecule has 0 bridgehead atoms. The van der Waals surface area contributed by atoms with Gasteiger partial charge in [-0.2, -0.15) is 0 Å². The van der Waals surface area contributed by atoms with Crippen LogP contribution in [0.3, 0.4) is 0 Å². The third-order valence-electron chi connectivity index (χ3n) is 3.62. The molecule has 2 aromatic carbocycles. The molecule has 22 heavy (non-hydrogen) atoms. The smallest absolute Gasteiger partial charge is 0.131 e. The number of methoxy groups -OCH3 is 2. The molecule has 0 aliphatic heterocycles. The van der Waals surface area contributed by atoms with Gasteiger partial charge < -0.3 is 14.0 Å². The summed E-state index contributed by atoms with van der Waals surface area (Å²) in [4.78, 5) is 0. The van der Waals surface area contributed by atoms with Gasteiger partial charge in [-0.25, -0.2) is 0 Å². The first-order valence-electron chi connectivity index (χ1n) is 6.77. The molecule has 0 atom stereocenters. The molecule has 5 heteroatoms. The molecule has 0 saturated heterocycles. The Bertz CT molecular complexity index is 827. The molecule has 1 heterocycles. The molecule has 114 valence electrons. The lowest BCUT2D eigenvalue weighted by molar-refractivity contribution is 0.398. The van der Waals surface area contributed by atoms with Gasteiger partial charge in [0.1, 0.15) is 11.5 Å². The fourth-order valence-electron chi connectivity index (χ4n) is 2.50. The average Bonchev–Trinajstić information content (AvgIpc) is 2.93. The molecule has 0 N–H and O–H groups in total. The van der Waals surface area contributed by atoms with E-state index in [1.807, 2.05) is 42.6 Å². The van der Waals surface area contributed by atoms with Crippen LogP contribution < -0.4 is 9.47 Å². The minimum absolute atomic E-state index is 0.561. The van der Waals surface area contributed by atoms with E-state index in [1.54, 1.807) is 14.2 Å². The predicted molar refractivity (Wildman–Crippen MR) is 90.6 cm³/mol. The number of rotatable bonds is 4. The van der Waals surface area contributed by atoms with E-state index in [4.69, 9.17) is 32.7 Å². The lowest BCUT2D eigenvalue weighted by atomic mass is 10.2. The number of nitrogens with zero attached hydrogens (tertiary/aromatic N) is 1. The Morgan fingerprint density at radius 1 is 0.955 bits per heavy atom. The van der Waals surface area contributed by atoms with Gasteiger partial charge in [0.25, 0.3) is 0 Å². The van der Waals surface area contributed by atoms with E-state index in [2.05, 4.69) is 4.57 Å². The van der Waals surface area contributed by atoms with Crippen LogP contribution in [0.25, 0.3) is 10.9 Å². The molecule has 0 aliphatic rings. The van der Waals surface area contributed by atoms with Gasteiger partial charge in [0.05, 0.1) is 29.8 Å². The fraction of sp³-hybridized carbons (Fsp3) is 0.176. The van der Waals surface area contributed by atoms with E-state index in [9.17, 15) is 0 Å². The van der Waals surface area contributed by atoms with E-state index >= 15 is 0 Å². The van der Waals surface area contributed by atoms with Crippen LogP contribution in [0.4, 0.5) is 0 Å². The van der Waals surface area contributed by atoms with E-state index in [0.29, 0.717) is 16.6 Å². The summed E-state index contributed by atoms with van der Waals surface area (Å²) < 4.78 is 12.9. The Kier molecular flexibility index (Phi) is 4.19. The van der Waals surface area contributed by atoms with Crippen molar-refractivity contribution in [1.82, 2.24) is 4.57 Å². The molecule has 0 saturated carbocycles. The predicted octanol–water partition coefficient (Wildman–Crippen LogP) is 5.01. The highest BCUT2D eigenvalue weighted by molar-refractivity contribution is 6.42. The van der Waals surface area contributed by atoms with Crippen molar-refractivity contribution in [3.63, 3.8) is 0 Å². The monoisotopic (exact) mass is 335 g/mol. The van der Waals surface area contributed by atoms with Crippen molar-refractivity contribution in [3.8, 4) is 11.5 Å². The first-order chi connectivity index (χ1) is 10.6. The standard InChI is InChI=1S/C17H15Cl2NO2/c1-21-12-8-16-13(17(9-12)22-2)5-6-20(16)10-11-3-4-14(18)15(19)7-11/h3-9H,10H2,1-2H3. The summed E-state index contributed by atoms with van der Waals surface area (Å²) in [6.45, 7) is 0.691. The van der Waals surface area contributed by atoms with Gasteiger partial charge >= 0.3 is 0 Å². The van der Waals surface area contributed by atoms with Crippen LogP contribution in [-0.4, -0.2) is 18.8 Å². The fourth-order valence-corrected chi connectivity index (χ4v) is 2.82. The second-order valence-electron chi connectivity index (χ2n) is 4.95. The summed E-state index contributed by atoms with van der Waals surface area (Å²) in [6.07, 6.45) is 2.02. The van der Waals surface area contributed by atoms with Crippen LogP contribution in [0.2, 0.25) is 10.0 Å². The maximum atomic E-state index is 6.09. The lowest BCUT2D eigenvalue weighted by Gasteiger charge is -2.10. The summed E-state index contributed by atoms with van der Waals surface area (Å²) in [7, 11) is 3.30. The molecule has 0 amide bonds. The lowest BCUT2D eigenvalue weighted by Crippen LogP contribution is -1.98. The highest BCUT2D eigenvalue weighted by Gasteiger charge is 2.10. The number of hydrogen-bond donors (Lipinski definition) is 0. The van der Waals surface area contributed by atoms with E-state index in [1.165, 1.54) is 0 Å². The van der Waals surface area contributed by atoms with Crippen molar-refractivity contribution in [1.29, 1.82) is 0 Å². The van der Waals surface area contributed by atoms with Crippen molar-refractivity contribution in [2.24, 2.45) is 0 Å². The molecule has 0 fully saturated rings. The number of hydrogen-bond acceptors (Lipinski definition) is 2. The van der Waals surface area contributed by atoms with Gasteiger partial charge in [-0.1, -0.05) is 29.3 Å². The molecule has 0 aliphatic carbocycles. The van der Waals surface area contributed by atoms with Crippen LogP contribution in [0.5, 0.6) is 11.5 Å². The quantitative estimate of drug-likeness (QED) is 0.668. The molecule has 0 unspecified atom stereocenters. The third-order valence-corrected chi connectivity index (χ3v) is 4.36. The van der Waals surface area contributed by atoms with Crippen LogP contribution in [0.15, 0.2) is 42.6 Å². The molecule has 3 nitrogen and oxygen atoms in total. The second kappa shape index (κ2) is 6.11. The molecule has 1 aromatic heterocycles. The zero-order valence-electron chi connectivity index (χ0n) is 12.3. The number of halogens is 2. The van der Waals surface area contributed by atoms with Gasteiger partial charge in [-0.05, 0) is 23.8 Å². The number of ether oxygens (including phenoxy) is 2. The van der Waals surface area contributed by atoms with Crippen LogP contribution in [-0.2, 0) is 6.54 Å². The molecule has 0 radical (unpaired) electrons. The van der Waals surface area contributed by atoms with Gasteiger partial charge in [0.15, 0.2) is 0 Å². The van der Waals surface area contributed by atoms with Crippen molar-refractivity contribution < 1.29 is 9.47 Å². The van der Waals surface area contributed by atoms with Crippen molar-refractivity contribution in [3.05, 3.63) is 58.2 Å². The number of fused-ring (bicyclic) bond motifs is 1. The second-order valence-corrected chi connectivity index (χ2v) is 5.77. The van der Waals surface area contributed by atoms with Crippen LogP contribution >= 0.6 is 23.2 Å². The SMILES string of the molecule is COc1cc(OC)c2ccn(Cc3ccc(Cl)c(Cl)c3)c2c1. The van der Waals surface area contributed by atoms with Crippen molar-refractivity contribution >= 4 is 34.1 Å². The molecular formula is C17H15Cl2NO2. The largest absolute Gasteiger partial charge is 0.497 e. The zero-order valence-corrected chi connectivity index (χ0v) is 13.8. The third kappa shape index (κ3) is 2.74. The maximum absolute atomic E-state index is 6.09. The Morgan fingerprint density at radius 2 is 1.77 bits per heavy atom. The highest BCUT2D eigenvalue weighted by atomic mass is 35.5. The Labute approximate surface area is 139 Å². The maximum Gasteiger partial charge on any atom is 0.131 e. The van der Waals surface area contributed by atoms with E-state index < -0.39 is 0 Å². The molecule has 3 rings (SSSR count). The summed E-state index contributed by atoms with van der Waals surface area (Å²) >= 11 is 12.1. The highest BCUT2D eigenvalue weighted by Crippen LogP contribution is 2.32. The zero-order chi connectivity index (χ0) is 15.7. The summed E-state index contributed by atoms with van der Waals surface area (Å²) in [6, 6.07) is 11.6. The van der Waals surface area contributed by atoms with E-state index in [0.717, 1.165) is 28.0 Å².